The van der Waals surface area contributed by atoms with Gasteiger partial charge < -0.3 is 10.4 Å². The van der Waals surface area contributed by atoms with E-state index in [1.807, 2.05) is 6.07 Å². The summed E-state index contributed by atoms with van der Waals surface area (Å²) in [5, 5.41) is 12.3. The molecular formula is C11H14FNO. The van der Waals surface area contributed by atoms with Crippen molar-refractivity contribution in [3.63, 3.8) is 0 Å². The molecule has 0 aliphatic carbocycles. The fourth-order valence-corrected chi connectivity index (χ4v) is 1.90. The quantitative estimate of drug-likeness (QED) is 0.697. The first-order valence-corrected chi connectivity index (χ1v) is 4.91. The molecule has 0 bridgehead atoms. The molecule has 0 aromatic heterocycles. The van der Waals surface area contributed by atoms with Gasteiger partial charge in [-0.3, -0.25) is 0 Å². The Morgan fingerprint density at radius 2 is 2.29 bits per heavy atom. The van der Waals surface area contributed by atoms with Crippen molar-refractivity contribution in [1.29, 1.82) is 0 Å². The first-order valence-electron chi connectivity index (χ1n) is 4.91. The van der Waals surface area contributed by atoms with Gasteiger partial charge >= 0.3 is 0 Å². The van der Waals surface area contributed by atoms with Crippen LogP contribution in [-0.2, 0) is 12.8 Å². The zero-order chi connectivity index (χ0) is 9.97. The van der Waals surface area contributed by atoms with E-state index in [4.69, 9.17) is 5.11 Å². The summed E-state index contributed by atoms with van der Waals surface area (Å²) >= 11 is 0. The number of nitrogens with one attached hydrogen (secondary N) is 1. The average molecular weight is 195 g/mol. The number of hydrogen-bond donors (Lipinski definition) is 2. The summed E-state index contributed by atoms with van der Waals surface area (Å²) in [7, 11) is 0. The van der Waals surface area contributed by atoms with Crippen LogP contribution < -0.4 is 5.32 Å². The lowest BCUT2D eigenvalue weighted by molar-refractivity contribution is 0.244. The van der Waals surface area contributed by atoms with Crippen LogP contribution in [0.3, 0.4) is 0 Å². The van der Waals surface area contributed by atoms with Crippen LogP contribution in [0.15, 0.2) is 18.2 Å². The molecule has 1 aromatic rings. The number of aliphatic hydroxyl groups excluding tert-OH is 1. The SMILES string of the molecule is OCC1Cc2ccc(F)cc2CCN1. The van der Waals surface area contributed by atoms with Crippen molar-refractivity contribution in [2.24, 2.45) is 0 Å². The lowest BCUT2D eigenvalue weighted by Crippen LogP contribution is -2.33. The lowest BCUT2D eigenvalue weighted by atomic mass is 10.0. The van der Waals surface area contributed by atoms with Crippen molar-refractivity contribution in [2.45, 2.75) is 18.9 Å². The molecule has 2 rings (SSSR count). The van der Waals surface area contributed by atoms with Crippen molar-refractivity contribution in [3.8, 4) is 0 Å². The third-order valence-electron chi connectivity index (χ3n) is 2.68. The van der Waals surface area contributed by atoms with E-state index in [2.05, 4.69) is 5.32 Å². The Balaban J connectivity index is 2.27. The van der Waals surface area contributed by atoms with Crippen LogP contribution in [0.5, 0.6) is 0 Å². The normalized spacial score (nSPS) is 21.4. The second kappa shape index (κ2) is 4.07. The van der Waals surface area contributed by atoms with Crippen LogP contribution in [0.2, 0.25) is 0 Å². The first-order chi connectivity index (χ1) is 6.79. The van der Waals surface area contributed by atoms with E-state index >= 15 is 0 Å². The van der Waals surface area contributed by atoms with Crippen LogP contribution in [-0.4, -0.2) is 24.3 Å². The summed E-state index contributed by atoms with van der Waals surface area (Å²) < 4.78 is 12.9. The van der Waals surface area contributed by atoms with E-state index in [-0.39, 0.29) is 18.5 Å². The maximum Gasteiger partial charge on any atom is 0.123 e. The van der Waals surface area contributed by atoms with Crippen LogP contribution in [0.25, 0.3) is 0 Å². The van der Waals surface area contributed by atoms with E-state index < -0.39 is 0 Å². The van der Waals surface area contributed by atoms with Gasteiger partial charge in [-0.1, -0.05) is 6.07 Å². The number of hydrogen-bond acceptors (Lipinski definition) is 2. The highest BCUT2D eigenvalue weighted by atomic mass is 19.1. The minimum atomic E-state index is -0.175. The summed E-state index contributed by atoms with van der Waals surface area (Å²) in [4.78, 5) is 0. The van der Waals surface area contributed by atoms with Gasteiger partial charge in [-0.15, -0.1) is 0 Å². The minimum absolute atomic E-state index is 0.113. The largest absolute Gasteiger partial charge is 0.395 e. The number of benzene rings is 1. The van der Waals surface area contributed by atoms with Gasteiger partial charge in [0.2, 0.25) is 0 Å². The fourth-order valence-electron chi connectivity index (χ4n) is 1.90. The molecule has 0 radical (unpaired) electrons. The van der Waals surface area contributed by atoms with Gasteiger partial charge in [-0.2, -0.15) is 0 Å². The standard InChI is InChI=1S/C11H14FNO/c12-10-2-1-8-6-11(7-14)13-4-3-9(8)5-10/h1-2,5,11,13-14H,3-4,6-7H2. The molecule has 76 valence electrons. The highest BCUT2D eigenvalue weighted by Crippen LogP contribution is 2.16. The van der Waals surface area contributed by atoms with Crippen LogP contribution in [0.4, 0.5) is 4.39 Å². The molecule has 1 unspecified atom stereocenters. The summed E-state index contributed by atoms with van der Waals surface area (Å²) in [6.07, 6.45) is 1.62. The lowest BCUT2D eigenvalue weighted by Gasteiger charge is -2.12. The molecular weight excluding hydrogens is 181 g/mol. The molecule has 2 N–H and O–H groups in total. The molecule has 0 fully saturated rings. The first kappa shape index (κ1) is 9.62. The summed E-state index contributed by atoms with van der Waals surface area (Å²) in [6, 6.07) is 5.01. The van der Waals surface area contributed by atoms with Crippen LogP contribution >= 0.6 is 0 Å². The van der Waals surface area contributed by atoms with Crippen molar-refractivity contribution >= 4 is 0 Å². The third kappa shape index (κ3) is 1.94. The van der Waals surface area contributed by atoms with Gasteiger partial charge in [0.1, 0.15) is 5.82 Å². The van der Waals surface area contributed by atoms with Crippen molar-refractivity contribution in [2.75, 3.05) is 13.2 Å². The van der Waals surface area contributed by atoms with E-state index in [0.717, 1.165) is 30.5 Å². The van der Waals surface area contributed by atoms with Gasteiger partial charge in [-0.05, 0) is 42.6 Å². The van der Waals surface area contributed by atoms with Gasteiger partial charge in [-0.25, -0.2) is 4.39 Å². The Morgan fingerprint density at radius 3 is 3.07 bits per heavy atom. The fraction of sp³-hybridized carbons (Fsp3) is 0.455. The summed E-state index contributed by atoms with van der Waals surface area (Å²) in [5.41, 5.74) is 2.21. The Bertz CT molecular complexity index is 327. The van der Waals surface area contributed by atoms with Gasteiger partial charge in [0.05, 0.1) is 6.61 Å². The Hall–Kier alpha value is -0.930. The Morgan fingerprint density at radius 1 is 1.43 bits per heavy atom. The Labute approximate surface area is 82.8 Å². The third-order valence-corrected chi connectivity index (χ3v) is 2.68. The molecule has 1 aromatic carbocycles. The van der Waals surface area contributed by atoms with Crippen molar-refractivity contribution in [1.82, 2.24) is 5.32 Å². The Kier molecular flexibility index (Phi) is 2.79. The zero-order valence-corrected chi connectivity index (χ0v) is 7.96. The molecule has 1 aliphatic rings. The number of halogens is 1. The van der Waals surface area contributed by atoms with E-state index in [1.54, 1.807) is 6.07 Å². The smallest absolute Gasteiger partial charge is 0.123 e. The second-order valence-electron chi connectivity index (χ2n) is 3.70. The zero-order valence-electron chi connectivity index (χ0n) is 7.96. The predicted octanol–water partition coefficient (Wildman–Crippen LogP) is 0.875. The average Bonchev–Trinajstić information content (AvgIpc) is 2.38. The second-order valence-corrected chi connectivity index (χ2v) is 3.70. The van der Waals surface area contributed by atoms with E-state index in [1.165, 1.54) is 6.07 Å². The predicted molar refractivity (Wildman–Crippen MR) is 52.7 cm³/mol. The number of aliphatic hydroxyl groups is 1. The van der Waals surface area contributed by atoms with E-state index in [0.29, 0.717) is 0 Å². The van der Waals surface area contributed by atoms with Crippen molar-refractivity contribution < 1.29 is 9.50 Å². The van der Waals surface area contributed by atoms with Crippen molar-refractivity contribution in [3.05, 3.63) is 35.1 Å². The highest BCUT2D eigenvalue weighted by Gasteiger charge is 2.15. The summed E-state index contributed by atoms with van der Waals surface area (Å²) in [6.45, 7) is 0.943. The molecule has 14 heavy (non-hydrogen) atoms. The maximum absolute atomic E-state index is 12.9. The molecule has 3 heteroatoms. The summed E-state index contributed by atoms with van der Waals surface area (Å²) in [5.74, 6) is -0.175. The molecule has 1 aliphatic heterocycles. The van der Waals surface area contributed by atoms with Crippen LogP contribution in [0.1, 0.15) is 11.1 Å². The molecule has 0 saturated heterocycles. The monoisotopic (exact) mass is 195 g/mol. The highest BCUT2D eigenvalue weighted by molar-refractivity contribution is 5.30. The molecule has 1 heterocycles. The molecule has 2 nitrogen and oxygen atoms in total. The molecule has 1 atom stereocenters. The molecule has 0 spiro atoms. The molecule has 0 saturated carbocycles. The van der Waals surface area contributed by atoms with Gasteiger partial charge in [0.25, 0.3) is 0 Å². The molecule has 0 amide bonds. The minimum Gasteiger partial charge on any atom is -0.395 e. The van der Waals surface area contributed by atoms with Gasteiger partial charge in [0.15, 0.2) is 0 Å². The number of rotatable bonds is 1. The topological polar surface area (TPSA) is 32.3 Å². The number of fused-ring (bicyclic) bond motifs is 1. The van der Waals surface area contributed by atoms with Gasteiger partial charge in [0, 0.05) is 6.04 Å². The maximum atomic E-state index is 12.9. The van der Waals surface area contributed by atoms with E-state index in [9.17, 15) is 4.39 Å². The van der Waals surface area contributed by atoms with Crippen LogP contribution in [0, 0.1) is 5.82 Å².